The Morgan fingerprint density at radius 3 is 2.93 bits per heavy atom. The highest BCUT2D eigenvalue weighted by molar-refractivity contribution is 14.1. The molecule has 0 fully saturated rings. The molecule has 0 aliphatic carbocycles. The van der Waals surface area contributed by atoms with E-state index in [1.807, 2.05) is 31.3 Å². The Bertz CT molecular complexity index is 452. The van der Waals surface area contributed by atoms with Gasteiger partial charge in [-0.15, -0.1) is 0 Å². The highest BCUT2D eigenvalue weighted by Gasteiger charge is 2.07. The molecule has 0 bridgehead atoms. The van der Waals surface area contributed by atoms with E-state index in [1.54, 1.807) is 0 Å². The van der Waals surface area contributed by atoms with E-state index in [1.165, 1.54) is 0 Å². The van der Waals surface area contributed by atoms with Crippen LogP contribution in [0.1, 0.15) is 5.82 Å². The molecule has 0 radical (unpaired) electrons. The summed E-state index contributed by atoms with van der Waals surface area (Å²) in [5, 5.41) is 10.1. The second kappa shape index (κ2) is 4.71. The van der Waals surface area contributed by atoms with Crippen molar-refractivity contribution in [3.05, 3.63) is 33.7 Å². The van der Waals surface area contributed by atoms with Crippen LogP contribution in [-0.2, 0) is 6.54 Å². The number of H-pyrrole nitrogens is 1. The molecule has 0 amide bonds. The van der Waals surface area contributed by atoms with Crippen LogP contribution in [0, 0.1) is 3.57 Å². The standard InChI is InChI=1S/C10H11IN4/c1-12-6-9-13-10(15-14-9)7-4-2-3-5-8(7)11/h2-5,12H,6H2,1H3,(H,13,14,15). The number of hydrogen-bond acceptors (Lipinski definition) is 3. The average molecular weight is 314 g/mol. The lowest BCUT2D eigenvalue weighted by Crippen LogP contribution is -2.06. The Hall–Kier alpha value is -0.950. The van der Waals surface area contributed by atoms with Crippen LogP contribution in [0.4, 0.5) is 0 Å². The summed E-state index contributed by atoms with van der Waals surface area (Å²) in [5.41, 5.74) is 1.07. The van der Waals surface area contributed by atoms with Crippen LogP contribution < -0.4 is 5.32 Å². The van der Waals surface area contributed by atoms with Gasteiger partial charge >= 0.3 is 0 Å². The minimum atomic E-state index is 0.705. The van der Waals surface area contributed by atoms with E-state index in [0.29, 0.717) is 6.54 Å². The lowest BCUT2D eigenvalue weighted by Gasteiger charge is -1.97. The molecule has 0 aliphatic heterocycles. The minimum Gasteiger partial charge on any atom is -0.313 e. The number of nitrogens with one attached hydrogen (secondary N) is 2. The van der Waals surface area contributed by atoms with E-state index in [9.17, 15) is 0 Å². The van der Waals surface area contributed by atoms with Crippen LogP contribution >= 0.6 is 22.6 Å². The molecule has 0 saturated carbocycles. The second-order valence-corrected chi connectivity index (χ2v) is 4.28. The van der Waals surface area contributed by atoms with Crippen LogP contribution in [0.3, 0.4) is 0 Å². The predicted octanol–water partition coefficient (Wildman–Crippen LogP) is 1.80. The molecular weight excluding hydrogens is 303 g/mol. The van der Waals surface area contributed by atoms with Gasteiger partial charge in [-0.1, -0.05) is 18.2 Å². The van der Waals surface area contributed by atoms with Crippen molar-refractivity contribution in [2.45, 2.75) is 6.54 Å². The van der Waals surface area contributed by atoms with Crippen LogP contribution in [-0.4, -0.2) is 22.2 Å². The van der Waals surface area contributed by atoms with E-state index in [0.717, 1.165) is 20.8 Å². The molecule has 78 valence electrons. The first-order chi connectivity index (χ1) is 7.31. The van der Waals surface area contributed by atoms with Crippen molar-refractivity contribution in [2.75, 3.05) is 7.05 Å². The number of halogens is 1. The van der Waals surface area contributed by atoms with Crippen molar-refractivity contribution in [2.24, 2.45) is 0 Å². The maximum Gasteiger partial charge on any atom is 0.182 e. The Labute approximate surface area is 102 Å². The zero-order valence-electron chi connectivity index (χ0n) is 8.29. The molecular formula is C10H11IN4. The van der Waals surface area contributed by atoms with Gasteiger partial charge in [-0.25, -0.2) is 4.98 Å². The van der Waals surface area contributed by atoms with Crippen LogP contribution in [0.5, 0.6) is 0 Å². The number of aromatic nitrogens is 3. The van der Waals surface area contributed by atoms with Crippen LogP contribution in [0.15, 0.2) is 24.3 Å². The van der Waals surface area contributed by atoms with Crippen molar-refractivity contribution in [3.8, 4) is 11.4 Å². The molecule has 1 aromatic carbocycles. The molecule has 2 N–H and O–H groups in total. The minimum absolute atomic E-state index is 0.705. The maximum absolute atomic E-state index is 4.40. The molecule has 5 heteroatoms. The molecule has 0 saturated heterocycles. The van der Waals surface area contributed by atoms with Crippen LogP contribution in [0.2, 0.25) is 0 Å². The Kier molecular flexibility index (Phi) is 3.32. The molecule has 0 atom stereocenters. The van der Waals surface area contributed by atoms with Crippen molar-refractivity contribution in [1.29, 1.82) is 0 Å². The van der Waals surface area contributed by atoms with Gasteiger partial charge in [0.25, 0.3) is 0 Å². The van der Waals surface area contributed by atoms with Gasteiger partial charge in [0, 0.05) is 9.13 Å². The van der Waals surface area contributed by atoms with Gasteiger partial charge in [0.2, 0.25) is 0 Å². The van der Waals surface area contributed by atoms with E-state index in [4.69, 9.17) is 0 Å². The summed E-state index contributed by atoms with van der Waals surface area (Å²) < 4.78 is 1.16. The highest BCUT2D eigenvalue weighted by atomic mass is 127. The summed E-state index contributed by atoms with van der Waals surface area (Å²) >= 11 is 2.29. The maximum atomic E-state index is 4.40. The number of benzene rings is 1. The number of rotatable bonds is 3. The van der Waals surface area contributed by atoms with Gasteiger partial charge in [0.15, 0.2) is 5.82 Å². The third kappa shape index (κ3) is 2.35. The normalized spacial score (nSPS) is 10.5. The Morgan fingerprint density at radius 1 is 1.40 bits per heavy atom. The summed E-state index contributed by atoms with van der Waals surface area (Å²) in [6.07, 6.45) is 0. The number of aromatic amines is 1. The fourth-order valence-electron chi connectivity index (χ4n) is 1.30. The van der Waals surface area contributed by atoms with E-state index >= 15 is 0 Å². The largest absolute Gasteiger partial charge is 0.313 e. The van der Waals surface area contributed by atoms with Gasteiger partial charge in [-0.2, -0.15) is 5.10 Å². The molecule has 0 spiro atoms. The van der Waals surface area contributed by atoms with Crippen molar-refractivity contribution in [3.63, 3.8) is 0 Å². The van der Waals surface area contributed by atoms with E-state index < -0.39 is 0 Å². The summed E-state index contributed by atoms with van der Waals surface area (Å²) in [7, 11) is 1.88. The molecule has 2 rings (SSSR count). The van der Waals surface area contributed by atoms with Gasteiger partial charge in [-0.3, -0.25) is 5.10 Å². The predicted molar refractivity (Wildman–Crippen MR) is 67.3 cm³/mol. The molecule has 15 heavy (non-hydrogen) atoms. The third-order valence-electron chi connectivity index (χ3n) is 1.99. The Morgan fingerprint density at radius 2 is 2.20 bits per heavy atom. The topological polar surface area (TPSA) is 53.6 Å². The first kappa shape index (κ1) is 10.6. The quantitative estimate of drug-likeness (QED) is 0.850. The van der Waals surface area contributed by atoms with Crippen molar-refractivity contribution in [1.82, 2.24) is 20.5 Å². The van der Waals surface area contributed by atoms with Crippen LogP contribution in [0.25, 0.3) is 11.4 Å². The van der Waals surface area contributed by atoms with E-state index in [2.05, 4.69) is 43.1 Å². The first-order valence-corrected chi connectivity index (χ1v) is 5.70. The smallest absolute Gasteiger partial charge is 0.182 e. The molecule has 1 aromatic heterocycles. The van der Waals surface area contributed by atoms with Gasteiger partial charge < -0.3 is 5.32 Å². The third-order valence-corrected chi connectivity index (χ3v) is 2.93. The van der Waals surface area contributed by atoms with Crippen molar-refractivity contribution >= 4 is 22.6 Å². The molecule has 0 unspecified atom stereocenters. The number of hydrogen-bond donors (Lipinski definition) is 2. The highest BCUT2D eigenvalue weighted by Crippen LogP contribution is 2.21. The molecule has 0 aliphatic rings. The zero-order chi connectivity index (χ0) is 10.7. The average Bonchev–Trinajstić information content (AvgIpc) is 2.68. The lowest BCUT2D eigenvalue weighted by atomic mass is 10.2. The lowest BCUT2D eigenvalue weighted by molar-refractivity contribution is 0.763. The monoisotopic (exact) mass is 314 g/mol. The van der Waals surface area contributed by atoms with Gasteiger partial charge in [-0.05, 0) is 35.7 Å². The summed E-state index contributed by atoms with van der Waals surface area (Å²) in [6, 6.07) is 8.07. The fourth-order valence-corrected chi connectivity index (χ4v) is 1.93. The first-order valence-electron chi connectivity index (χ1n) is 4.62. The molecule has 2 aromatic rings. The zero-order valence-corrected chi connectivity index (χ0v) is 10.4. The summed E-state index contributed by atoms with van der Waals surface area (Å²) in [6.45, 7) is 0.705. The SMILES string of the molecule is CNCc1nc(-c2ccccc2I)n[nH]1. The van der Waals surface area contributed by atoms with Gasteiger partial charge in [0.05, 0.1) is 6.54 Å². The van der Waals surface area contributed by atoms with E-state index in [-0.39, 0.29) is 0 Å². The van der Waals surface area contributed by atoms with Gasteiger partial charge in [0.1, 0.15) is 5.82 Å². The fraction of sp³-hybridized carbons (Fsp3) is 0.200. The summed E-state index contributed by atoms with van der Waals surface area (Å²) in [5.74, 6) is 1.61. The number of nitrogens with zero attached hydrogens (tertiary/aromatic N) is 2. The molecule has 4 nitrogen and oxygen atoms in total. The van der Waals surface area contributed by atoms with Crippen molar-refractivity contribution < 1.29 is 0 Å². The Balaban J connectivity index is 2.33. The summed E-state index contributed by atoms with van der Waals surface area (Å²) in [4.78, 5) is 4.40. The molecule has 1 heterocycles. The second-order valence-electron chi connectivity index (χ2n) is 3.12.